The molecule has 164 valence electrons. The van der Waals surface area contributed by atoms with Gasteiger partial charge in [0.25, 0.3) is 11.5 Å². The van der Waals surface area contributed by atoms with Gasteiger partial charge in [-0.1, -0.05) is 20.8 Å². The highest BCUT2D eigenvalue weighted by molar-refractivity contribution is 7.71. The lowest BCUT2D eigenvalue weighted by atomic mass is 9.92. The number of benzene rings is 2. The van der Waals surface area contributed by atoms with Gasteiger partial charge in [-0.2, -0.15) is 5.10 Å². The van der Waals surface area contributed by atoms with E-state index in [4.69, 9.17) is 12.2 Å². The van der Waals surface area contributed by atoms with E-state index >= 15 is 0 Å². The highest BCUT2D eigenvalue weighted by atomic mass is 32.1. The number of H-pyrrole nitrogens is 1. The molecular weight excluding hydrogens is 429 g/mol. The first kappa shape index (κ1) is 21.6. The minimum Gasteiger partial charge on any atom is -0.332 e. The van der Waals surface area contributed by atoms with E-state index in [0.717, 1.165) is 5.69 Å². The Balaban J connectivity index is 1.75. The third kappa shape index (κ3) is 3.99. The maximum atomic E-state index is 13.4. The number of nitrogens with zero attached hydrogens (tertiary/aromatic N) is 3. The molecule has 0 aliphatic heterocycles. The third-order valence-corrected chi connectivity index (χ3v) is 5.53. The van der Waals surface area contributed by atoms with Crippen molar-refractivity contribution >= 4 is 34.8 Å². The second-order valence-electron chi connectivity index (χ2n) is 8.56. The summed E-state index contributed by atoms with van der Waals surface area (Å²) < 4.78 is 16.6. The number of fused-ring (bicyclic) bond motifs is 1. The van der Waals surface area contributed by atoms with Crippen LogP contribution in [0.2, 0.25) is 0 Å². The smallest absolute Gasteiger partial charge is 0.261 e. The minimum atomic E-state index is -0.379. The summed E-state index contributed by atoms with van der Waals surface area (Å²) >= 11 is 5.17. The fourth-order valence-electron chi connectivity index (χ4n) is 3.25. The zero-order chi connectivity index (χ0) is 23.2. The lowest BCUT2D eigenvalue weighted by Gasteiger charge is -2.14. The Bertz CT molecular complexity index is 1460. The summed E-state index contributed by atoms with van der Waals surface area (Å²) in [6.45, 7) is 6.05. The van der Waals surface area contributed by atoms with Crippen LogP contribution in [0.4, 0.5) is 10.2 Å². The molecule has 0 aliphatic rings. The fraction of sp³-hybridized carbons (Fsp3) is 0.217. The number of carbonyl (C=O) groups is 1. The summed E-state index contributed by atoms with van der Waals surface area (Å²) in [4.78, 5) is 28.4. The van der Waals surface area contributed by atoms with E-state index in [1.54, 1.807) is 48.1 Å². The van der Waals surface area contributed by atoms with Crippen molar-refractivity contribution in [1.29, 1.82) is 0 Å². The van der Waals surface area contributed by atoms with E-state index in [2.05, 4.69) is 15.4 Å². The average Bonchev–Trinajstić information content (AvgIpc) is 3.16. The maximum absolute atomic E-state index is 13.4. The highest BCUT2D eigenvalue weighted by Crippen LogP contribution is 2.27. The number of aromatic amines is 1. The number of hydrogen-bond acceptors (Lipinski definition) is 4. The molecule has 1 amide bonds. The standard InChI is InChI=1S/C23H22FN5O2S/c1-23(2,3)18-12-19(29(27-18)15-8-6-14(24)7-9-15)26-20(30)13-5-10-16-17(11-13)25-22(32)28(4)21(16)31/h5-12H,1-4H3,(H,25,32)(H,26,30). The number of nitrogens with one attached hydrogen (secondary N) is 2. The number of aromatic nitrogens is 4. The number of rotatable bonds is 3. The van der Waals surface area contributed by atoms with Gasteiger partial charge in [0.2, 0.25) is 0 Å². The van der Waals surface area contributed by atoms with Gasteiger partial charge in [0.1, 0.15) is 11.6 Å². The molecule has 2 heterocycles. The van der Waals surface area contributed by atoms with Gasteiger partial charge < -0.3 is 10.3 Å². The first-order valence-electron chi connectivity index (χ1n) is 9.95. The Morgan fingerprint density at radius 1 is 1.12 bits per heavy atom. The van der Waals surface area contributed by atoms with E-state index in [9.17, 15) is 14.0 Å². The normalized spacial score (nSPS) is 11.7. The van der Waals surface area contributed by atoms with Gasteiger partial charge in [-0.05, 0) is 54.7 Å². The summed E-state index contributed by atoms with van der Waals surface area (Å²) in [5, 5.41) is 7.94. The van der Waals surface area contributed by atoms with Gasteiger partial charge in [-0.3, -0.25) is 14.2 Å². The predicted molar refractivity (Wildman–Crippen MR) is 125 cm³/mol. The Morgan fingerprint density at radius 2 is 1.81 bits per heavy atom. The molecule has 0 saturated carbocycles. The van der Waals surface area contributed by atoms with Crippen molar-refractivity contribution in [3.05, 3.63) is 80.7 Å². The maximum Gasteiger partial charge on any atom is 0.261 e. The van der Waals surface area contributed by atoms with Crippen LogP contribution in [0.1, 0.15) is 36.8 Å². The van der Waals surface area contributed by atoms with Gasteiger partial charge in [0, 0.05) is 24.1 Å². The van der Waals surface area contributed by atoms with Crippen LogP contribution in [-0.2, 0) is 12.5 Å². The lowest BCUT2D eigenvalue weighted by Crippen LogP contribution is -2.19. The molecule has 0 radical (unpaired) electrons. The zero-order valence-corrected chi connectivity index (χ0v) is 18.9. The topological polar surface area (TPSA) is 84.7 Å². The van der Waals surface area contributed by atoms with Gasteiger partial charge in [-0.25, -0.2) is 9.07 Å². The Morgan fingerprint density at radius 3 is 2.47 bits per heavy atom. The molecule has 0 fully saturated rings. The number of amides is 1. The Labute approximate surface area is 188 Å². The monoisotopic (exact) mass is 451 g/mol. The molecule has 0 bridgehead atoms. The third-order valence-electron chi connectivity index (χ3n) is 5.15. The van der Waals surface area contributed by atoms with E-state index in [1.165, 1.54) is 16.7 Å². The molecule has 7 nitrogen and oxygen atoms in total. The molecule has 0 spiro atoms. The molecule has 0 saturated heterocycles. The molecule has 2 aromatic carbocycles. The van der Waals surface area contributed by atoms with Crippen LogP contribution < -0.4 is 10.9 Å². The fourth-order valence-corrected chi connectivity index (χ4v) is 3.44. The van der Waals surface area contributed by atoms with Crippen LogP contribution in [0.25, 0.3) is 16.6 Å². The van der Waals surface area contributed by atoms with Crippen LogP contribution >= 0.6 is 12.2 Å². The average molecular weight is 452 g/mol. The summed E-state index contributed by atoms with van der Waals surface area (Å²) in [5.74, 6) is -0.290. The van der Waals surface area contributed by atoms with Crippen molar-refractivity contribution < 1.29 is 9.18 Å². The van der Waals surface area contributed by atoms with Crippen LogP contribution in [0.3, 0.4) is 0 Å². The first-order valence-corrected chi connectivity index (χ1v) is 10.4. The molecule has 0 unspecified atom stereocenters. The summed E-state index contributed by atoms with van der Waals surface area (Å²) in [5.41, 5.74) is 1.71. The molecule has 2 aromatic heterocycles. The zero-order valence-electron chi connectivity index (χ0n) is 18.1. The summed E-state index contributed by atoms with van der Waals surface area (Å²) in [6, 6.07) is 12.4. The highest BCUT2D eigenvalue weighted by Gasteiger charge is 2.22. The molecule has 0 aliphatic carbocycles. The Hall–Kier alpha value is -3.59. The molecule has 32 heavy (non-hydrogen) atoms. The summed E-state index contributed by atoms with van der Waals surface area (Å²) in [7, 11) is 1.59. The van der Waals surface area contributed by atoms with Crippen LogP contribution in [0.5, 0.6) is 0 Å². The van der Waals surface area contributed by atoms with E-state index < -0.39 is 0 Å². The molecule has 0 atom stereocenters. The lowest BCUT2D eigenvalue weighted by molar-refractivity contribution is 0.102. The van der Waals surface area contributed by atoms with Crippen molar-refractivity contribution in [3.8, 4) is 5.69 Å². The number of carbonyl (C=O) groups excluding carboxylic acids is 1. The first-order chi connectivity index (χ1) is 15.0. The molecule has 9 heteroatoms. The number of anilines is 1. The molecule has 4 aromatic rings. The number of halogens is 1. The van der Waals surface area contributed by atoms with Gasteiger partial charge in [0.15, 0.2) is 4.77 Å². The van der Waals surface area contributed by atoms with E-state index in [-0.39, 0.29) is 27.5 Å². The summed E-state index contributed by atoms with van der Waals surface area (Å²) in [6.07, 6.45) is 0. The van der Waals surface area contributed by atoms with Crippen LogP contribution in [0.15, 0.2) is 53.3 Å². The molecular formula is C23H22FN5O2S. The SMILES string of the molecule is Cn1c(=S)[nH]c2cc(C(=O)Nc3cc(C(C)(C)C)nn3-c3ccc(F)cc3)ccc2c1=O. The molecule has 4 rings (SSSR count). The van der Waals surface area contributed by atoms with Gasteiger partial charge in [-0.15, -0.1) is 0 Å². The number of hydrogen-bond donors (Lipinski definition) is 2. The van der Waals surface area contributed by atoms with Crippen LogP contribution in [0, 0.1) is 10.6 Å². The second-order valence-corrected chi connectivity index (χ2v) is 8.95. The second kappa shape index (κ2) is 7.83. The minimum absolute atomic E-state index is 0.236. The van der Waals surface area contributed by atoms with Crippen molar-refractivity contribution in [1.82, 2.24) is 19.3 Å². The van der Waals surface area contributed by atoms with E-state index in [0.29, 0.717) is 28.0 Å². The van der Waals surface area contributed by atoms with Crippen molar-refractivity contribution in [2.24, 2.45) is 7.05 Å². The molecule has 2 N–H and O–H groups in total. The van der Waals surface area contributed by atoms with E-state index in [1.807, 2.05) is 20.8 Å². The van der Waals surface area contributed by atoms with Gasteiger partial charge in [0.05, 0.1) is 22.3 Å². The Kier molecular flexibility index (Phi) is 5.29. The van der Waals surface area contributed by atoms with Crippen molar-refractivity contribution in [2.45, 2.75) is 26.2 Å². The van der Waals surface area contributed by atoms with Crippen molar-refractivity contribution in [3.63, 3.8) is 0 Å². The largest absolute Gasteiger partial charge is 0.332 e. The van der Waals surface area contributed by atoms with Crippen LogP contribution in [-0.4, -0.2) is 25.2 Å². The van der Waals surface area contributed by atoms with Crippen molar-refractivity contribution in [2.75, 3.05) is 5.32 Å². The predicted octanol–water partition coefficient (Wildman–Crippen LogP) is 4.47. The quantitative estimate of drug-likeness (QED) is 0.450. The van der Waals surface area contributed by atoms with Gasteiger partial charge >= 0.3 is 0 Å².